The third kappa shape index (κ3) is 2.46. The van der Waals surface area contributed by atoms with Crippen LogP contribution in [-0.2, 0) is 4.74 Å². The average molecular weight is 169 g/mol. The van der Waals surface area contributed by atoms with Crippen molar-refractivity contribution < 1.29 is 4.74 Å². The zero-order valence-electron chi connectivity index (χ0n) is 7.96. The third-order valence-electron chi connectivity index (χ3n) is 2.91. The summed E-state index contributed by atoms with van der Waals surface area (Å²) in [5, 5.41) is 0. The molecule has 0 aliphatic carbocycles. The molecule has 2 fully saturated rings. The molecule has 2 rings (SSSR count). The summed E-state index contributed by atoms with van der Waals surface area (Å²) >= 11 is 0. The molecule has 0 aromatic carbocycles. The summed E-state index contributed by atoms with van der Waals surface area (Å²) in [5.74, 6) is 0.916. The van der Waals surface area contributed by atoms with Crippen LogP contribution in [0.2, 0.25) is 0 Å². The van der Waals surface area contributed by atoms with Crippen LogP contribution >= 0.6 is 0 Å². The highest BCUT2D eigenvalue weighted by Gasteiger charge is 2.24. The second-order valence-corrected chi connectivity index (χ2v) is 4.29. The van der Waals surface area contributed by atoms with Gasteiger partial charge in [-0.15, -0.1) is 0 Å². The van der Waals surface area contributed by atoms with Crippen LogP contribution in [0.3, 0.4) is 0 Å². The normalized spacial score (nSPS) is 36.8. The summed E-state index contributed by atoms with van der Waals surface area (Å²) in [4.78, 5) is 2.59. The first-order valence-corrected chi connectivity index (χ1v) is 5.18. The van der Waals surface area contributed by atoms with Gasteiger partial charge in [-0.1, -0.05) is 6.92 Å². The number of rotatable bonds is 3. The SMILES string of the molecule is CC1CCCN(CCC2CO2)C1. The summed E-state index contributed by atoms with van der Waals surface area (Å²) in [6.45, 7) is 7.27. The van der Waals surface area contributed by atoms with Gasteiger partial charge in [0.05, 0.1) is 12.7 Å². The molecule has 0 radical (unpaired) electrons. The van der Waals surface area contributed by atoms with E-state index in [1.54, 1.807) is 0 Å². The van der Waals surface area contributed by atoms with E-state index < -0.39 is 0 Å². The summed E-state index contributed by atoms with van der Waals surface area (Å²) in [7, 11) is 0. The molecule has 0 spiro atoms. The van der Waals surface area contributed by atoms with E-state index >= 15 is 0 Å². The van der Waals surface area contributed by atoms with E-state index in [0.29, 0.717) is 6.10 Å². The Kier molecular flexibility index (Phi) is 2.66. The van der Waals surface area contributed by atoms with Crippen molar-refractivity contribution in [3.8, 4) is 0 Å². The fraction of sp³-hybridized carbons (Fsp3) is 1.00. The number of piperidine rings is 1. The van der Waals surface area contributed by atoms with Gasteiger partial charge >= 0.3 is 0 Å². The maximum Gasteiger partial charge on any atom is 0.0822 e. The van der Waals surface area contributed by atoms with Crippen LogP contribution in [0, 0.1) is 5.92 Å². The Bertz CT molecular complexity index is 145. The van der Waals surface area contributed by atoms with Crippen molar-refractivity contribution in [1.82, 2.24) is 4.90 Å². The van der Waals surface area contributed by atoms with Crippen molar-refractivity contribution >= 4 is 0 Å². The molecule has 0 bridgehead atoms. The maximum atomic E-state index is 5.20. The van der Waals surface area contributed by atoms with Crippen molar-refractivity contribution in [2.45, 2.75) is 32.3 Å². The van der Waals surface area contributed by atoms with Crippen LogP contribution in [0.1, 0.15) is 26.2 Å². The van der Waals surface area contributed by atoms with Gasteiger partial charge < -0.3 is 9.64 Å². The second-order valence-electron chi connectivity index (χ2n) is 4.29. The number of nitrogens with zero attached hydrogens (tertiary/aromatic N) is 1. The van der Waals surface area contributed by atoms with Gasteiger partial charge in [0.1, 0.15) is 0 Å². The minimum atomic E-state index is 0.613. The van der Waals surface area contributed by atoms with E-state index in [4.69, 9.17) is 4.74 Å². The van der Waals surface area contributed by atoms with Gasteiger partial charge in [-0.3, -0.25) is 0 Å². The fourth-order valence-electron chi connectivity index (χ4n) is 2.05. The maximum absolute atomic E-state index is 5.20. The zero-order chi connectivity index (χ0) is 8.39. The van der Waals surface area contributed by atoms with Gasteiger partial charge in [0.25, 0.3) is 0 Å². The van der Waals surface area contributed by atoms with Gasteiger partial charge in [0, 0.05) is 13.1 Å². The molecule has 70 valence electrons. The molecular formula is C10H19NO. The lowest BCUT2D eigenvalue weighted by Crippen LogP contribution is -2.35. The number of likely N-dealkylation sites (tertiary alicyclic amines) is 1. The lowest BCUT2D eigenvalue weighted by molar-refractivity contribution is 0.177. The Morgan fingerprint density at radius 1 is 1.50 bits per heavy atom. The first kappa shape index (κ1) is 8.52. The fourth-order valence-corrected chi connectivity index (χ4v) is 2.05. The van der Waals surface area contributed by atoms with E-state index in [-0.39, 0.29) is 0 Å². The van der Waals surface area contributed by atoms with E-state index in [9.17, 15) is 0 Å². The lowest BCUT2D eigenvalue weighted by atomic mass is 10.0. The van der Waals surface area contributed by atoms with Crippen molar-refractivity contribution in [3.63, 3.8) is 0 Å². The Labute approximate surface area is 74.9 Å². The zero-order valence-corrected chi connectivity index (χ0v) is 7.96. The van der Waals surface area contributed by atoms with E-state index in [0.717, 1.165) is 12.5 Å². The molecule has 2 unspecified atom stereocenters. The summed E-state index contributed by atoms with van der Waals surface area (Å²) in [5.41, 5.74) is 0. The van der Waals surface area contributed by atoms with Gasteiger partial charge in [-0.25, -0.2) is 0 Å². The van der Waals surface area contributed by atoms with Gasteiger partial charge in [0.2, 0.25) is 0 Å². The standard InChI is InChI=1S/C10H19NO/c1-9-3-2-5-11(7-9)6-4-10-8-12-10/h9-10H,2-8H2,1H3. The van der Waals surface area contributed by atoms with Gasteiger partial charge in [-0.05, 0) is 31.7 Å². The topological polar surface area (TPSA) is 15.8 Å². The molecule has 2 aliphatic heterocycles. The van der Waals surface area contributed by atoms with E-state index in [2.05, 4.69) is 11.8 Å². The van der Waals surface area contributed by atoms with Gasteiger partial charge in [-0.2, -0.15) is 0 Å². The van der Waals surface area contributed by atoms with Crippen molar-refractivity contribution in [1.29, 1.82) is 0 Å². The molecule has 0 aromatic heterocycles. The molecule has 2 nitrogen and oxygen atoms in total. The van der Waals surface area contributed by atoms with Crippen LogP contribution in [-0.4, -0.2) is 37.2 Å². The van der Waals surface area contributed by atoms with Crippen LogP contribution in [0.4, 0.5) is 0 Å². The highest BCUT2D eigenvalue weighted by Crippen LogP contribution is 2.18. The Morgan fingerprint density at radius 2 is 2.33 bits per heavy atom. The van der Waals surface area contributed by atoms with Crippen LogP contribution in [0.25, 0.3) is 0 Å². The second kappa shape index (κ2) is 3.75. The van der Waals surface area contributed by atoms with Crippen molar-refractivity contribution in [3.05, 3.63) is 0 Å². The first-order valence-electron chi connectivity index (χ1n) is 5.18. The lowest BCUT2D eigenvalue weighted by Gasteiger charge is -2.30. The van der Waals surface area contributed by atoms with E-state index in [1.807, 2.05) is 0 Å². The summed E-state index contributed by atoms with van der Waals surface area (Å²) in [6, 6.07) is 0. The number of hydrogen-bond acceptors (Lipinski definition) is 2. The summed E-state index contributed by atoms with van der Waals surface area (Å²) in [6.07, 6.45) is 4.69. The Hall–Kier alpha value is -0.0800. The van der Waals surface area contributed by atoms with Crippen LogP contribution in [0.5, 0.6) is 0 Å². The van der Waals surface area contributed by atoms with Crippen molar-refractivity contribution in [2.75, 3.05) is 26.2 Å². The molecule has 2 heterocycles. The predicted molar refractivity (Wildman–Crippen MR) is 49.2 cm³/mol. The molecule has 0 amide bonds. The molecular weight excluding hydrogens is 150 g/mol. The average Bonchev–Trinajstić information content (AvgIpc) is 2.84. The number of ether oxygens (including phenoxy) is 1. The first-order chi connectivity index (χ1) is 5.84. The predicted octanol–water partition coefficient (Wildman–Crippen LogP) is 1.51. The molecule has 0 aromatic rings. The highest BCUT2D eigenvalue weighted by molar-refractivity contribution is 4.74. The summed E-state index contributed by atoms with van der Waals surface area (Å²) < 4.78 is 5.20. The number of hydrogen-bond donors (Lipinski definition) is 0. The van der Waals surface area contributed by atoms with E-state index in [1.165, 1.54) is 38.9 Å². The number of epoxide rings is 1. The smallest absolute Gasteiger partial charge is 0.0822 e. The molecule has 2 saturated heterocycles. The largest absolute Gasteiger partial charge is 0.373 e. The van der Waals surface area contributed by atoms with Crippen LogP contribution < -0.4 is 0 Å². The van der Waals surface area contributed by atoms with Crippen molar-refractivity contribution in [2.24, 2.45) is 5.92 Å². The Balaban J connectivity index is 1.64. The molecule has 2 aliphatic rings. The molecule has 2 heteroatoms. The molecule has 12 heavy (non-hydrogen) atoms. The van der Waals surface area contributed by atoms with Gasteiger partial charge in [0.15, 0.2) is 0 Å². The minimum absolute atomic E-state index is 0.613. The van der Waals surface area contributed by atoms with Crippen LogP contribution in [0.15, 0.2) is 0 Å². The molecule has 0 N–H and O–H groups in total. The quantitative estimate of drug-likeness (QED) is 0.595. The monoisotopic (exact) mass is 169 g/mol. The minimum Gasteiger partial charge on any atom is -0.373 e. The highest BCUT2D eigenvalue weighted by atomic mass is 16.6. The third-order valence-corrected chi connectivity index (χ3v) is 2.91. The Morgan fingerprint density at radius 3 is 3.00 bits per heavy atom. The molecule has 0 saturated carbocycles. The molecule has 2 atom stereocenters.